The second kappa shape index (κ2) is 6.02. The van der Waals surface area contributed by atoms with Gasteiger partial charge in [0.1, 0.15) is 5.75 Å². The van der Waals surface area contributed by atoms with Crippen LogP contribution in [0.15, 0.2) is 79.0 Å². The third kappa shape index (κ3) is 2.49. The van der Waals surface area contributed by atoms with Crippen molar-refractivity contribution in [3.05, 3.63) is 84.6 Å². The minimum atomic E-state index is 0.824. The van der Waals surface area contributed by atoms with E-state index in [1.54, 1.807) is 7.11 Å². The van der Waals surface area contributed by atoms with Crippen LogP contribution in [-0.4, -0.2) is 21.1 Å². The molecule has 0 fully saturated rings. The van der Waals surface area contributed by atoms with E-state index in [0.29, 0.717) is 0 Å². The lowest BCUT2D eigenvalue weighted by Crippen LogP contribution is -1.98. The average Bonchev–Trinajstić information content (AvgIpc) is 3.24. The number of benzene rings is 3. The molecule has 0 unspecified atom stereocenters. The van der Waals surface area contributed by atoms with Crippen molar-refractivity contribution in [3.8, 4) is 22.7 Å². The maximum Gasteiger partial charge on any atom is 0.220 e. The van der Waals surface area contributed by atoms with Gasteiger partial charge in [0.15, 0.2) is 0 Å². The summed E-state index contributed by atoms with van der Waals surface area (Å²) in [4.78, 5) is 4.90. The summed E-state index contributed by atoms with van der Waals surface area (Å²) in [6.45, 7) is 2.10. The molecule has 0 aliphatic heterocycles. The maximum absolute atomic E-state index is 5.44. The van der Waals surface area contributed by atoms with Crippen LogP contribution < -0.4 is 4.74 Å². The number of aryl methyl sites for hydroxylation is 1. The largest absolute Gasteiger partial charge is 0.497 e. The Morgan fingerprint density at radius 3 is 2.52 bits per heavy atom. The number of aromatic nitrogens is 3. The lowest BCUT2D eigenvalue weighted by atomic mass is 10.1. The van der Waals surface area contributed by atoms with Crippen LogP contribution >= 0.6 is 0 Å². The van der Waals surface area contributed by atoms with Crippen molar-refractivity contribution in [2.75, 3.05) is 7.11 Å². The van der Waals surface area contributed by atoms with Crippen molar-refractivity contribution in [3.63, 3.8) is 0 Å². The number of ether oxygens (including phenoxy) is 1. The van der Waals surface area contributed by atoms with Gasteiger partial charge in [-0.15, -0.1) is 0 Å². The van der Waals surface area contributed by atoms with Crippen LogP contribution in [0.1, 0.15) is 5.56 Å². The van der Waals surface area contributed by atoms with Crippen LogP contribution in [0.4, 0.5) is 0 Å². The summed E-state index contributed by atoms with van der Waals surface area (Å²) in [6.07, 6.45) is 2.16. The zero-order valence-electron chi connectivity index (χ0n) is 15.3. The molecule has 0 aliphatic rings. The highest BCUT2D eigenvalue weighted by Gasteiger charge is 2.17. The monoisotopic (exact) mass is 353 g/mol. The summed E-state index contributed by atoms with van der Waals surface area (Å²) < 4.78 is 9.79. The molecule has 2 aromatic heterocycles. The van der Waals surface area contributed by atoms with Gasteiger partial charge >= 0.3 is 0 Å². The normalized spacial score (nSPS) is 11.3. The molecule has 3 aromatic carbocycles. The smallest absolute Gasteiger partial charge is 0.220 e. The van der Waals surface area contributed by atoms with E-state index in [4.69, 9.17) is 9.72 Å². The molecular weight excluding hydrogens is 334 g/mol. The molecule has 0 atom stereocenters. The molecule has 4 heteroatoms. The molecular formula is C23H19N3O. The van der Waals surface area contributed by atoms with E-state index in [-0.39, 0.29) is 0 Å². The minimum Gasteiger partial charge on any atom is -0.497 e. The van der Waals surface area contributed by atoms with E-state index in [1.807, 2.05) is 36.4 Å². The van der Waals surface area contributed by atoms with Gasteiger partial charge in [0.2, 0.25) is 5.78 Å². The molecule has 27 heavy (non-hydrogen) atoms. The third-order valence-corrected chi connectivity index (χ3v) is 4.93. The molecule has 0 N–H and O–H groups in total. The van der Waals surface area contributed by atoms with Crippen LogP contribution in [0.25, 0.3) is 33.8 Å². The average molecular weight is 353 g/mol. The first-order valence-electron chi connectivity index (χ1n) is 8.94. The molecule has 0 bridgehead atoms. The lowest BCUT2D eigenvalue weighted by molar-refractivity contribution is 0.414. The first kappa shape index (κ1) is 15.7. The van der Waals surface area contributed by atoms with Gasteiger partial charge in [-0.2, -0.15) is 0 Å². The van der Waals surface area contributed by atoms with E-state index in [9.17, 15) is 0 Å². The Morgan fingerprint density at radius 2 is 1.70 bits per heavy atom. The SMILES string of the molecule is COc1cccc(-n2c(-c3ccc(C)cc3)cn3c4ccccc4nc23)c1. The van der Waals surface area contributed by atoms with E-state index in [1.165, 1.54) is 5.56 Å². The molecule has 0 radical (unpaired) electrons. The summed E-state index contributed by atoms with van der Waals surface area (Å²) in [5, 5.41) is 0. The van der Waals surface area contributed by atoms with Gasteiger partial charge in [-0.3, -0.25) is 8.97 Å². The number of rotatable bonds is 3. The fraction of sp³-hybridized carbons (Fsp3) is 0.0870. The Labute approximate surface area is 157 Å². The van der Waals surface area contributed by atoms with Crippen LogP contribution in [0.2, 0.25) is 0 Å². The molecule has 2 heterocycles. The summed E-state index contributed by atoms with van der Waals surface area (Å²) in [6, 6.07) is 24.9. The Hall–Kier alpha value is -3.53. The van der Waals surface area contributed by atoms with Crippen LogP contribution in [0.3, 0.4) is 0 Å². The van der Waals surface area contributed by atoms with Gasteiger partial charge in [0.25, 0.3) is 0 Å². The Morgan fingerprint density at radius 1 is 0.889 bits per heavy atom. The van der Waals surface area contributed by atoms with Crippen molar-refractivity contribution in [1.82, 2.24) is 14.0 Å². The first-order chi connectivity index (χ1) is 13.2. The van der Waals surface area contributed by atoms with E-state index in [2.05, 4.69) is 58.5 Å². The fourth-order valence-electron chi connectivity index (χ4n) is 3.54. The van der Waals surface area contributed by atoms with Gasteiger partial charge in [0, 0.05) is 17.8 Å². The molecule has 0 saturated carbocycles. The Kier molecular flexibility index (Phi) is 3.50. The number of nitrogens with zero attached hydrogens (tertiary/aromatic N) is 3. The number of imidazole rings is 2. The quantitative estimate of drug-likeness (QED) is 0.443. The van der Waals surface area contributed by atoms with Gasteiger partial charge in [-0.25, -0.2) is 4.98 Å². The number of hydrogen-bond acceptors (Lipinski definition) is 2. The number of hydrogen-bond donors (Lipinski definition) is 0. The van der Waals surface area contributed by atoms with Crippen molar-refractivity contribution < 1.29 is 4.74 Å². The van der Waals surface area contributed by atoms with Crippen molar-refractivity contribution >= 4 is 16.8 Å². The van der Waals surface area contributed by atoms with Gasteiger partial charge in [-0.1, -0.05) is 48.0 Å². The van der Waals surface area contributed by atoms with E-state index < -0.39 is 0 Å². The zero-order valence-corrected chi connectivity index (χ0v) is 15.3. The number of methoxy groups -OCH3 is 1. The van der Waals surface area contributed by atoms with Gasteiger partial charge in [-0.05, 0) is 31.2 Å². The van der Waals surface area contributed by atoms with Crippen LogP contribution in [-0.2, 0) is 0 Å². The third-order valence-electron chi connectivity index (χ3n) is 4.93. The predicted molar refractivity (Wildman–Crippen MR) is 109 cm³/mol. The minimum absolute atomic E-state index is 0.824. The molecule has 0 spiro atoms. The second-order valence-corrected chi connectivity index (χ2v) is 6.69. The molecule has 0 amide bonds. The van der Waals surface area contributed by atoms with Crippen molar-refractivity contribution in [2.24, 2.45) is 0 Å². The summed E-state index contributed by atoms with van der Waals surface area (Å²) >= 11 is 0. The van der Waals surface area contributed by atoms with E-state index >= 15 is 0 Å². The van der Waals surface area contributed by atoms with E-state index in [0.717, 1.165) is 39.5 Å². The Balaban J connectivity index is 1.86. The molecule has 132 valence electrons. The highest BCUT2D eigenvalue weighted by molar-refractivity contribution is 5.82. The molecule has 0 aliphatic carbocycles. The highest BCUT2D eigenvalue weighted by atomic mass is 16.5. The van der Waals surface area contributed by atoms with Crippen LogP contribution in [0, 0.1) is 6.92 Å². The maximum atomic E-state index is 5.44. The fourth-order valence-corrected chi connectivity index (χ4v) is 3.54. The first-order valence-corrected chi connectivity index (χ1v) is 8.94. The second-order valence-electron chi connectivity index (χ2n) is 6.69. The predicted octanol–water partition coefficient (Wildman–Crippen LogP) is 5.26. The molecule has 5 aromatic rings. The molecule has 5 rings (SSSR count). The Bertz CT molecular complexity index is 1260. The summed E-state index contributed by atoms with van der Waals surface area (Å²) in [5.41, 5.74) is 6.60. The molecule has 4 nitrogen and oxygen atoms in total. The number of para-hydroxylation sites is 2. The molecule has 0 saturated heterocycles. The standard InChI is InChI=1S/C23H19N3O/c1-16-10-12-17(13-11-16)22-15-25-21-9-4-3-8-20(21)24-23(25)26(22)18-6-5-7-19(14-18)27-2/h3-15H,1-2H3. The lowest BCUT2D eigenvalue weighted by Gasteiger charge is -2.10. The highest BCUT2D eigenvalue weighted by Crippen LogP contribution is 2.31. The summed E-state index contributed by atoms with van der Waals surface area (Å²) in [5.74, 6) is 1.71. The van der Waals surface area contributed by atoms with Crippen molar-refractivity contribution in [1.29, 1.82) is 0 Å². The van der Waals surface area contributed by atoms with Crippen LogP contribution in [0.5, 0.6) is 5.75 Å². The topological polar surface area (TPSA) is 31.5 Å². The summed E-state index contributed by atoms with van der Waals surface area (Å²) in [7, 11) is 1.69. The van der Waals surface area contributed by atoms with Gasteiger partial charge in [0.05, 0.1) is 29.5 Å². The van der Waals surface area contributed by atoms with Crippen molar-refractivity contribution in [2.45, 2.75) is 6.92 Å². The zero-order chi connectivity index (χ0) is 18.4. The number of fused-ring (bicyclic) bond motifs is 3. The van der Waals surface area contributed by atoms with Gasteiger partial charge < -0.3 is 4.74 Å².